The maximum Gasteiger partial charge on any atom is 0.0848 e. The van der Waals surface area contributed by atoms with E-state index in [0.717, 1.165) is 19.4 Å². The second-order valence-electron chi connectivity index (χ2n) is 6.68. The van der Waals surface area contributed by atoms with Gasteiger partial charge in [0.15, 0.2) is 0 Å². The standard InChI is InChI=1S/C18H29NO/c1-14(2)12-15-8-7-9-16(13-15)17(19-4)18(3)10-5-6-11-20-18/h7-9,13-14,17,19H,5-6,10-12H2,1-4H3. The van der Waals surface area contributed by atoms with Crippen LogP contribution in [-0.2, 0) is 11.2 Å². The van der Waals surface area contributed by atoms with E-state index in [9.17, 15) is 0 Å². The fourth-order valence-electron chi connectivity index (χ4n) is 3.38. The number of hydrogen-bond acceptors (Lipinski definition) is 2. The van der Waals surface area contributed by atoms with Crippen molar-refractivity contribution in [2.75, 3.05) is 13.7 Å². The molecule has 1 aliphatic heterocycles. The van der Waals surface area contributed by atoms with Gasteiger partial charge < -0.3 is 10.1 Å². The predicted molar refractivity (Wildman–Crippen MR) is 85.0 cm³/mol. The van der Waals surface area contributed by atoms with E-state index < -0.39 is 0 Å². The number of benzene rings is 1. The molecule has 1 aromatic carbocycles. The Kier molecular flexibility index (Phi) is 5.22. The molecule has 0 saturated carbocycles. The molecule has 1 heterocycles. The van der Waals surface area contributed by atoms with E-state index in [1.54, 1.807) is 0 Å². The molecule has 2 nitrogen and oxygen atoms in total. The van der Waals surface area contributed by atoms with Gasteiger partial charge in [0.2, 0.25) is 0 Å². The highest BCUT2D eigenvalue weighted by Crippen LogP contribution is 2.36. The van der Waals surface area contributed by atoms with Crippen LogP contribution in [0.2, 0.25) is 0 Å². The van der Waals surface area contributed by atoms with Crippen LogP contribution in [0, 0.1) is 5.92 Å². The molecule has 2 atom stereocenters. The Balaban J connectivity index is 2.22. The molecule has 0 aromatic heterocycles. The van der Waals surface area contributed by atoms with Crippen LogP contribution in [0.25, 0.3) is 0 Å². The fraction of sp³-hybridized carbons (Fsp3) is 0.667. The molecule has 0 amide bonds. The van der Waals surface area contributed by atoms with E-state index in [-0.39, 0.29) is 11.6 Å². The first-order valence-electron chi connectivity index (χ1n) is 7.95. The van der Waals surface area contributed by atoms with Crippen molar-refractivity contribution in [1.82, 2.24) is 5.32 Å². The lowest BCUT2D eigenvalue weighted by molar-refractivity contribution is -0.0884. The Morgan fingerprint density at radius 2 is 2.10 bits per heavy atom. The average Bonchev–Trinajstić information content (AvgIpc) is 2.39. The molecule has 0 bridgehead atoms. The third-order valence-corrected chi connectivity index (χ3v) is 4.33. The van der Waals surface area contributed by atoms with E-state index in [0.29, 0.717) is 5.92 Å². The summed E-state index contributed by atoms with van der Waals surface area (Å²) in [5.74, 6) is 0.694. The smallest absolute Gasteiger partial charge is 0.0848 e. The number of likely N-dealkylation sites (N-methyl/N-ethyl adjacent to an activating group) is 1. The Morgan fingerprint density at radius 1 is 1.30 bits per heavy atom. The lowest BCUT2D eigenvalue weighted by Crippen LogP contribution is -2.44. The Morgan fingerprint density at radius 3 is 2.70 bits per heavy atom. The number of nitrogens with one attached hydrogen (secondary N) is 1. The van der Waals surface area contributed by atoms with Crippen LogP contribution in [0.5, 0.6) is 0 Å². The molecule has 1 aliphatic rings. The number of hydrogen-bond donors (Lipinski definition) is 1. The zero-order valence-corrected chi connectivity index (χ0v) is 13.4. The van der Waals surface area contributed by atoms with Crippen molar-refractivity contribution in [3.05, 3.63) is 35.4 Å². The minimum atomic E-state index is -0.0799. The Bertz CT molecular complexity index is 421. The normalized spacial score (nSPS) is 24.9. The Hall–Kier alpha value is -0.860. The first-order chi connectivity index (χ1) is 9.55. The highest BCUT2D eigenvalue weighted by molar-refractivity contribution is 5.28. The third kappa shape index (κ3) is 3.62. The molecule has 1 fully saturated rings. The molecule has 2 heteroatoms. The van der Waals surface area contributed by atoms with Crippen LogP contribution in [0.15, 0.2) is 24.3 Å². The van der Waals surface area contributed by atoms with Crippen LogP contribution in [0.3, 0.4) is 0 Å². The van der Waals surface area contributed by atoms with Gasteiger partial charge in [0.1, 0.15) is 0 Å². The molecule has 20 heavy (non-hydrogen) atoms. The second-order valence-corrected chi connectivity index (χ2v) is 6.68. The molecule has 1 N–H and O–H groups in total. The first-order valence-corrected chi connectivity index (χ1v) is 7.95. The van der Waals surface area contributed by atoms with Crippen molar-refractivity contribution in [2.45, 2.75) is 58.1 Å². The van der Waals surface area contributed by atoms with Gasteiger partial charge in [0.25, 0.3) is 0 Å². The molecule has 2 rings (SSSR count). The van der Waals surface area contributed by atoms with E-state index >= 15 is 0 Å². The Labute approximate surface area is 123 Å². The highest BCUT2D eigenvalue weighted by atomic mass is 16.5. The summed E-state index contributed by atoms with van der Waals surface area (Å²) in [6.07, 6.45) is 4.73. The highest BCUT2D eigenvalue weighted by Gasteiger charge is 2.36. The van der Waals surface area contributed by atoms with Crippen molar-refractivity contribution in [1.29, 1.82) is 0 Å². The van der Waals surface area contributed by atoms with Gasteiger partial charge in [-0.1, -0.05) is 38.1 Å². The topological polar surface area (TPSA) is 21.3 Å². The summed E-state index contributed by atoms with van der Waals surface area (Å²) in [7, 11) is 2.04. The maximum atomic E-state index is 6.13. The molecular weight excluding hydrogens is 246 g/mol. The lowest BCUT2D eigenvalue weighted by atomic mass is 9.83. The van der Waals surface area contributed by atoms with Gasteiger partial charge >= 0.3 is 0 Å². The average molecular weight is 275 g/mol. The number of ether oxygens (including phenoxy) is 1. The summed E-state index contributed by atoms with van der Waals surface area (Å²) in [5.41, 5.74) is 2.70. The third-order valence-electron chi connectivity index (χ3n) is 4.33. The molecule has 0 spiro atoms. The summed E-state index contributed by atoms with van der Waals surface area (Å²) in [5, 5.41) is 3.48. The number of rotatable bonds is 5. The van der Waals surface area contributed by atoms with Crippen molar-refractivity contribution in [2.24, 2.45) is 5.92 Å². The lowest BCUT2D eigenvalue weighted by Gasteiger charge is -2.41. The summed E-state index contributed by atoms with van der Waals surface area (Å²) >= 11 is 0. The predicted octanol–water partition coefficient (Wildman–Crippen LogP) is 4.10. The molecule has 0 aliphatic carbocycles. The van der Waals surface area contributed by atoms with Crippen molar-refractivity contribution in [3.63, 3.8) is 0 Å². The van der Waals surface area contributed by atoms with Crippen molar-refractivity contribution in [3.8, 4) is 0 Å². The van der Waals surface area contributed by atoms with Crippen LogP contribution >= 0.6 is 0 Å². The van der Waals surface area contributed by atoms with E-state index in [2.05, 4.69) is 50.4 Å². The zero-order valence-electron chi connectivity index (χ0n) is 13.4. The van der Waals surface area contributed by atoms with Gasteiger partial charge in [0, 0.05) is 6.61 Å². The van der Waals surface area contributed by atoms with Gasteiger partial charge in [-0.2, -0.15) is 0 Å². The summed E-state index contributed by atoms with van der Waals surface area (Å²) in [6.45, 7) is 7.68. The monoisotopic (exact) mass is 275 g/mol. The van der Waals surface area contributed by atoms with Crippen LogP contribution in [-0.4, -0.2) is 19.3 Å². The molecule has 1 aromatic rings. The fourth-order valence-corrected chi connectivity index (χ4v) is 3.38. The molecule has 1 saturated heterocycles. The van der Waals surface area contributed by atoms with E-state index in [4.69, 9.17) is 4.74 Å². The van der Waals surface area contributed by atoms with Crippen LogP contribution < -0.4 is 5.32 Å². The molecule has 112 valence electrons. The summed E-state index contributed by atoms with van der Waals surface area (Å²) < 4.78 is 6.13. The molecular formula is C18H29NO. The quantitative estimate of drug-likeness (QED) is 0.873. The van der Waals surface area contributed by atoms with E-state index in [1.165, 1.54) is 24.0 Å². The molecule has 2 unspecified atom stereocenters. The van der Waals surface area contributed by atoms with Crippen molar-refractivity contribution < 1.29 is 4.74 Å². The zero-order chi connectivity index (χ0) is 14.6. The first kappa shape index (κ1) is 15.5. The van der Waals surface area contributed by atoms with Gasteiger partial charge in [-0.3, -0.25) is 0 Å². The van der Waals surface area contributed by atoms with Gasteiger partial charge in [-0.15, -0.1) is 0 Å². The second kappa shape index (κ2) is 6.73. The van der Waals surface area contributed by atoms with E-state index in [1.807, 2.05) is 7.05 Å². The van der Waals surface area contributed by atoms with Gasteiger partial charge in [0.05, 0.1) is 11.6 Å². The molecule has 0 radical (unpaired) electrons. The van der Waals surface area contributed by atoms with Crippen molar-refractivity contribution >= 4 is 0 Å². The minimum Gasteiger partial charge on any atom is -0.373 e. The largest absolute Gasteiger partial charge is 0.373 e. The summed E-state index contributed by atoms with van der Waals surface area (Å²) in [6, 6.07) is 9.28. The summed E-state index contributed by atoms with van der Waals surface area (Å²) in [4.78, 5) is 0. The van der Waals surface area contributed by atoms with Gasteiger partial charge in [-0.25, -0.2) is 0 Å². The van der Waals surface area contributed by atoms with Gasteiger partial charge in [-0.05, 0) is 56.7 Å². The SMILES string of the molecule is CNC(c1cccc(CC(C)C)c1)C1(C)CCCCO1. The van der Waals surface area contributed by atoms with Crippen LogP contribution in [0.4, 0.5) is 0 Å². The van der Waals surface area contributed by atoms with Crippen LogP contribution in [0.1, 0.15) is 57.2 Å². The minimum absolute atomic E-state index is 0.0799. The maximum absolute atomic E-state index is 6.13.